The van der Waals surface area contributed by atoms with E-state index in [0.717, 1.165) is 11.3 Å². The van der Waals surface area contributed by atoms with E-state index < -0.39 is 15.6 Å². The molecule has 7 heteroatoms. The van der Waals surface area contributed by atoms with Crippen LogP contribution in [-0.2, 0) is 10.0 Å². The Morgan fingerprint density at radius 1 is 1.53 bits per heavy atom. The predicted octanol–water partition coefficient (Wildman–Crippen LogP) is 1.23. The second-order valence-corrected chi connectivity index (χ2v) is 7.84. The van der Waals surface area contributed by atoms with Crippen molar-refractivity contribution in [1.82, 2.24) is 9.29 Å². The number of likely N-dealkylation sites (N-methyl/N-ethyl adjacent to an activating group) is 1. The van der Waals surface area contributed by atoms with Gasteiger partial charge < -0.3 is 5.11 Å². The Labute approximate surface area is 106 Å². The first-order valence-electron chi connectivity index (χ1n) is 5.32. The molecule has 1 heterocycles. The van der Waals surface area contributed by atoms with Gasteiger partial charge in [0.2, 0.25) is 0 Å². The van der Waals surface area contributed by atoms with E-state index in [1.165, 1.54) is 10.5 Å². The Balaban J connectivity index is 3.03. The smallest absolute Gasteiger partial charge is 0.254 e. The molecule has 1 rings (SSSR count). The minimum Gasteiger partial charge on any atom is -0.389 e. The second kappa shape index (κ2) is 5.01. The fraction of sp³-hybridized carbons (Fsp3) is 0.700. The lowest BCUT2D eigenvalue weighted by Gasteiger charge is -2.26. The fourth-order valence-corrected chi connectivity index (χ4v) is 4.25. The molecule has 0 saturated carbocycles. The molecular weight excluding hydrogens is 260 g/mol. The van der Waals surface area contributed by atoms with Crippen molar-refractivity contribution < 1.29 is 13.5 Å². The van der Waals surface area contributed by atoms with Gasteiger partial charge in [0.05, 0.1) is 16.8 Å². The Hall–Kier alpha value is -0.500. The Morgan fingerprint density at radius 2 is 2.12 bits per heavy atom. The molecule has 0 saturated heterocycles. The monoisotopic (exact) mass is 278 g/mol. The van der Waals surface area contributed by atoms with Crippen LogP contribution in [0.5, 0.6) is 0 Å². The lowest BCUT2D eigenvalue weighted by Crippen LogP contribution is -2.41. The topological polar surface area (TPSA) is 70.5 Å². The highest BCUT2D eigenvalue weighted by molar-refractivity contribution is 7.91. The van der Waals surface area contributed by atoms with E-state index in [1.54, 1.807) is 27.7 Å². The Kier molecular flexibility index (Phi) is 4.29. The number of thiazole rings is 1. The molecule has 1 N–H and O–H groups in total. The minimum atomic E-state index is -3.53. The van der Waals surface area contributed by atoms with Gasteiger partial charge in [-0.2, -0.15) is 4.31 Å². The molecule has 0 unspecified atom stereocenters. The summed E-state index contributed by atoms with van der Waals surface area (Å²) < 4.78 is 26.0. The Bertz CT molecular complexity index is 474. The summed E-state index contributed by atoms with van der Waals surface area (Å²) in [5.74, 6) is 0. The zero-order valence-corrected chi connectivity index (χ0v) is 12.1. The third-order valence-electron chi connectivity index (χ3n) is 2.11. The maximum atomic E-state index is 12.2. The molecule has 5 nitrogen and oxygen atoms in total. The molecule has 0 amide bonds. The molecule has 0 aliphatic heterocycles. The fourth-order valence-electron chi connectivity index (χ4n) is 1.39. The van der Waals surface area contributed by atoms with Crippen LogP contribution in [0.1, 0.15) is 25.8 Å². The van der Waals surface area contributed by atoms with E-state index in [2.05, 4.69) is 4.98 Å². The zero-order chi connectivity index (χ0) is 13.3. The molecule has 0 bridgehead atoms. The summed E-state index contributed by atoms with van der Waals surface area (Å²) in [4.78, 5) is 3.95. The number of aliphatic hydroxyl groups is 1. The molecule has 0 fully saturated rings. The summed E-state index contributed by atoms with van der Waals surface area (Å²) >= 11 is 1.14. The Morgan fingerprint density at radius 3 is 2.47 bits per heavy atom. The van der Waals surface area contributed by atoms with Crippen molar-refractivity contribution >= 4 is 21.4 Å². The highest BCUT2D eigenvalue weighted by Crippen LogP contribution is 2.23. The zero-order valence-electron chi connectivity index (χ0n) is 10.5. The summed E-state index contributed by atoms with van der Waals surface area (Å²) in [6.07, 6.45) is 1.36. The number of sulfonamides is 1. The van der Waals surface area contributed by atoms with Gasteiger partial charge >= 0.3 is 0 Å². The third kappa shape index (κ3) is 3.74. The summed E-state index contributed by atoms with van der Waals surface area (Å²) in [5.41, 5.74) is -1.05. The standard InChI is InChI=1S/C10H18N2O3S2/c1-5-12(7-10(3,4)13)17(14,15)9-6-11-8(2)16-9/h6,13H,5,7H2,1-4H3. The van der Waals surface area contributed by atoms with Gasteiger partial charge in [-0.15, -0.1) is 11.3 Å². The van der Waals surface area contributed by atoms with Crippen molar-refractivity contribution in [3.05, 3.63) is 11.2 Å². The quantitative estimate of drug-likeness (QED) is 0.879. The number of nitrogens with zero attached hydrogens (tertiary/aromatic N) is 2. The maximum absolute atomic E-state index is 12.2. The van der Waals surface area contributed by atoms with Gasteiger partial charge in [-0.3, -0.25) is 0 Å². The molecule has 1 aromatic heterocycles. The number of rotatable bonds is 5. The molecule has 0 aromatic carbocycles. The second-order valence-electron chi connectivity index (χ2n) is 4.44. The van der Waals surface area contributed by atoms with Crippen molar-refractivity contribution in [2.24, 2.45) is 0 Å². The largest absolute Gasteiger partial charge is 0.389 e. The first kappa shape index (κ1) is 14.6. The van der Waals surface area contributed by atoms with Crippen LogP contribution in [0.4, 0.5) is 0 Å². The summed E-state index contributed by atoms with van der Waals surface area (Å²) in [7, 11) is -3.53. The van der Waals surface area contributed by atoms with Crippen molar-refractivity contribution in [3.63, 3.8) is 0 Å². The predicted molar refractivity (Wildman–Crippen MR) is 67.6 cm³/mol. The molecule has 17 heavy (non-hydrogen) atoms. The number of hydrogen-bond acceptors (Lipinski definition) is 5. The summed E-state index contributed by atoms with van der Waals surface area (Å²) in [6.45, 7) is 7.07. The highest BCUT2D eigenvalue weighted by atomic mass is 32.2. The lowest BCUT2D eigenvalue weighted by molar-refractivity contribution is 0.0602. The minimum absolute atomic E-state index is 0.0722. The van der Waals surface area contributed by atoms with Gasteiger partial charge in [0.25, 0.3) is 10.0 Å². The van der Waals surface area contributed by atoms with Crippen molar-refractivity contribution in [3.8, 4) is 0 Å². The van der Waals surface area contributed by atoms with Gasteiger partial charge in [0.1, 0.15) is 0 Å². The first-order chi connectivity index (χ1) is 7.66. The number of hydrogen-bond donors (Lipinski definition) is 1. The molecule has 0 atom stereocenters. The van der Waals surface area contributed by atoms with Crippen LogP contribution in [0.3, 0.4) is 0 Å². The van der Waals surface area contributed by atoms with Gasteiger partial charge in [-0.25, -0.2) is 13.4 Å². The average Bonchev–Trinajstić information content (AvgIpc) is 2.60. The van der Waals surface area contributed by atoms with E-state index >= 15 is 0 Å². The summed E-state index contributed by atoms with van der Waals surface area (Å²) in [6, 6.07) is 0. The van der Waals surface area contributed by atoms with Gasteiger partial charge in [0, 0.05) is 13.1 Å². The van der Waals surface area contributed by atoms with Crippen molar-refractivity contribution in [2.75, 3.05) is 13.1 Å². The summed E-state index contributed by atoms with van der Waals surface area (Å²) in [5, 5.41) is 10.4. The third-order valence-corrected chi connectivity index (χ3v) is 5.38. The van der Waals surface area contributed by atoms with Crippen LogP contribution in [-0.4, -0.2) is 41.5 Å². The molecule has 0 aliphatic rings. The van der Waals surface area contributed by atoms with Crippen LogP contribution >= 0.6 is 11.3 Å². The van der Waals surface area contributed by atoms with Gasteiger partial charge in [-0.05, 0) is 20.8 Å². The van der Waals surface area contributed by atoms with Crippen LogP contribution in [0.15, 0.2) is 10.4 Å². The van der Waals surface area contributed by atoms with Crippen LogP contribution in [0.25, 0.3) is 0 Å². The van der Waals surface area contributed by atoms with Crippen LogP contribution in [0, 0.1) is 6.92 Å². The molecule has 0 radical (unpaired) electrons. The number of aromatic nitrogens is 1. The molecule has 0 aliphatic carbocycles. The van der Waals surface area contributed by atoms with Gasteiger partial charge in [-0.1, -0.05) is 6.92 Å². The molecule has 98 valence electrons. The highest BCUT2D eigenvalue weighted by Gasteiger charge is 2.29. The first-order valence-corrected chi connectivity index (χ1v) is 7.57. The molecule has 1 aromatic rings. The van der Waals surface area contributed by atoms with E-state index in [4.69, 9.17) is 0 Å². The van der Waals surface area contributed by atoms with E-state index in [-0.39, 0.29) is 10.8 Å². The van der Waals surface area contributed by atoms with Crippen LogP contribution in [0.2, 0.25) is 0 Å². The number of aryl methyl sites for hydroxylation is 1. The molecule has 0 spiro atoms. The lowest BCUT2D eigenvalue weighted by atomic mass is 10.1. The maximum Gasteiger partial charge on any atom is 0.254 e. The SMILES string of the molecule is CCN(CC(C)(C)O)S(=O)(=O)c1cnc(C)s1. The normalized spacial score (nSPS) is 13.3. The van der Waals surface area contributed by atoms with E-state index in [9.17, 15) is 13.5 Å². The van der Waals surface area contributed by atoms with Crippen LogP contribution < -0.4 is 0 Å². The van der Waals surface area contributed by atoms with Gasteiger partial charge in [0.15, 0.2) is 4.21 Å². The van der Waals surface area contributed by atoms with Crippen molar-refractivity contribution in [2.45, 2.75) is 37.5 Å². The van der Waals surface area contributed by atoms with E-state index in [0.29, 0.717) is 11.6 Å². The average molecular weight is 278 g/mol. The molecular formula is C10H18N2O3S2. The van der Waals surface area contributed by atoms with E-state index in [1.807, 2.05) is 0 Å². The van der Waals surface area contributed by atoms with Crippen molar-refractivity contribution in [1.29, 1.82) is 0 Å².